The molecular weight excluding hydrogens is 204 g/mol. The molecule has 0 aromatic heterocycles. The van der Waals surface area contributed by atoms with Crippen molar-refractivity contribution in [3.8, 4) is 0 Å². The second-order valence-corrected chi connectivity index (χ2v) is 4.58. The van der Waals surface area contributed by atoms with Gasteiger partial charge in [0.2, 0.25) is 11.8 Å². The molecule has 4 nitrogen and oxygen atoms in total. The molecule has 2 N–H and O–H groups in total. The average Bonchev–Trinajstić information content (AvgIpc) is 2.13. The fraction of sp³-hybridized carbons (Fsp3) is 0.500. The molecule has 16 heavy (non-hydrogen) atoms. The van der Waals surface area contributed by atoms with Crippen LogP contribution in [0.25, 0.3) is 0 Å². The fourth-order valence-corrected chi connectivity index (χ4v) is 0.910. The van der Waals surface area contributed by atoms with Crippen LogP contribution in [0, 0.1) is 0 Å². The molecule has 0 unspecified atom stereocenters. The molecule has 0 spiro atoms. The number of hydrogen-bond acceptors (Lipinski definition) is 2. The van der Waals surface area contributed by atoms with Crippen LogP contribution in [-0.2, 0) is 9.59 Å². The summed E-state index contributed by atoms with van der Waals surface area (Å²) < 4.78 is 0. The molecule has 0 saturated heterocycles. The Morgan fingerprint density at radius 3 is 1.88 bits per heavy atom. The second-order valence-electron chi connectivity index (χ2n) is 4.58. The van der Waals surface area contributed by atoms with Gasteiger partial charge in [0.15, 0.2) is 0 Å². The number of carbonyl (C=O) groups excluding carboxylic acids is 2. The summed E-state index contributed by atoms with van der Waals surface area (Å²) in [4.78, 5) is 22.7. The highest BCUT2D eigenvalue weighted by atomic mass is 16.2. The quantitative estimate of drug-likeness (QED) is 0.688. The Morgan fingerprint density at radius 1 is 1.06 bits per heavy atom. The molecule has 0 rings (SSSR count). The maximum Gasteiger partial charge on any atom is 0.246 e. The number of nitrogens with one attached hydrogen (secondary N) is 2. The lowest BCUT2D eigenvalue weighted by atomic mass is 10.0. The first-order valence-corrected chi connectivity index (χ1v) is 5.07. The van der Waals surface area contributed by atoms with Crippen LogP contribution >= 0.6 is 0 Å². The number of rotatable bonds is 5. The Hall–Kier alpha value is -1.58. The molecule has 0 radical (unpaired) electrons. The van der Waals surface area contributed by atoms with Gasteiger partial charge >= 0.3 is 0 Å². The fourth-order valence-electron chi connectivity index (χ4n) is 0.910. The van der Waals surface area contributed by atoms with Gasteiger partial charge in [-0.3, -0.25) is 9.59 Å². The van der Waals surface area contributed by atoms with E-state index in [2.05, 4.69) is 23.8 Å². The van der Waals surface area contributed by atoms with Gasteiger partial charge < -0.3 is 10.6 Å². The minimum atomic E-state index is -0.513. The molecule has 0 bridgehead atoms. The Bertz CT molecular complexity index is 330. The molecule has 90 valence electrons. The van der Waals surface area contributed by atoms with Crippen LogP contribution in [0.5, 0.6) is 0 Å². The summed E-state index contributed by atoms with van der Waals surface area (Å²) in [5.74, 6) is -0.424. The van der Waals surface area contributed by atoms with Gasteiger partial charge in [0.25, 0.3) is 0 Å². The molecular formula is C12H20N2O2. The largest absolute Gasteiger partial charge is 0.350 e. The van der Waals surface area contributed by atoms with Crippen molar-refractivity contribution >= 4 is 11.8 Å². The van der Waals surface area contributed by atoms with E-state index in [0.29, 0.717) is 17.7 Å². The summed E-state index contributed by atoms with van der Waals surface area (Å²) in [6, 6.07) is 0. The second kappa shape index (κ2) is 5.49. The summed E-state index contributed by atoms with van der Waals surface area (Å²) >= 11 is 0. The van der Waals surface area contributed by atoms with Crippen molar-refractivity contribution in [2.75, 3.05) is 6.54 Å². The van der Waals surface area contributed by atoms with Crippen molar-refractivity contribution < 1.29 is 9.59 Å². The maximum absolute atomic E-state index is 11.4. The maximum atomic E-state index is 11.4. The van der Waals surface area contributed by atoms with Crippen molar-refractivity contribution in [2.24, 2.45) is 0 Å². The van der Waals surface area contributed by atoms with Gasteiger partial charge in [0.05, 0.1) is 5.54 Å². The monoisotopic (exact) mass is 224 g/mol. The lowest BCUT2D eigenvalue weighted by Crippen LogP contribution is -2.51. The minimum Gasteiger partial charge on any atom is -0.350 e. The summed E-state index contributed by atoms with van der Waals surface area (Å²) in [7, 11) is 0. The van der Waals surface area contributed by atoms with Crippen molar-refractivity contribution in [1.82, 2.24) is 10.6 Å². The number of hydrogen-bond donors (Lipinski definition) is 2. The molecule has 0 atom stereocenters. The molecule has 0 heterocycles. The van der Waals surface area contributed by atoms with Crippen LogP contribution in [0.3, 0.4) is 0 Å². The standard InChI is InChI=1S/C12H20N2O2/c1-8(2)10(15)13-7-12(5,6)14-11(16)9(3)4/h1,3,7H2,2,4-6H3,(H,13,15)(H,14,16). The van der Waals surface area contributed by atoms with Gasteiger partial charge in [-0.05, 0) is 27.7 Å². The summed E-state index contributed by atoms with van der Waals surface area (Å²) in [6.45, 7) is 14.3. The van der Waals surface area contributed by atoms with Crippen molar-refractivity contribution in [1.29, 1.82) is 0 Å². The Labute approximate surface area is 96.8 Å². The summed E-state index contributed by atoms with van der Waals surface area (Å²) in [6.07, 6.45) is 0. The van der Waals surface area contributed by atoms with Crippen molar-refractivity contribution in [2.45, 2.75) is 33.2 Å². The van der Waals surface area contributed by atoms with E-state index in [1.807, 2.05) is 13.8 Å². The molecule has 0 aliphatic carbocycles. The SMILES string of the molecule is C=C(C)C(=O)NCC(C)(C)NC(=O)C(=C)C. The van der Waals surface area contributed by atoms with E-state index in [0.717, 1.165) is 0 Å². The van der Waals surface area contributed by atoms with Gasteiger partial charge in [-0.15, -0.1) is 0 Å². The molecule has 0 aliphatic rings. The minimum absolute atomic E-state index is 0.211. The Morgan fingerprint density at radius 2 is 1.50 bits per heavy atom. The van der Waals surface area contributed by atoms with E-state index < -0.39 is 5.54 Å². The molecule has 0 aromatic carbocycles. The highest BCUT2D eigenvalue weighted by molar-refractivity contribution is 5.93. The van der Waals surface area contributed by atoms with Crippen LogP contribution in [0.4, 0.5) is 0 Å². The number of amides is 2. The molecule has 4 heteroatoms. The topological polar surface area (TPSA) is 58.2 Å². The van der Waals surface area contributed by atoms with Crippen molar-refractivity contribution in [3.63, 3.8) is 0 Å². The van der Waals surface area contributed by atoms with Gasteiger partial charge in [-0.25, -0.2) is 0 Å². The zero-order valence-electron chi connectivity index (χ0n) is 10.4. The highest BCUT2D eigenvalue weighted by Gasteiger charge is 2.21. The first-order chi connectivity index (χ1) is 7.15. The third-order valence-corrected chi connectivity index (χ3v) is 1.92. The number of carbonyl (C=O) groups is 2. The lowest BCUT2D eigenvalue weighted by molar-refractivity contribution is -0.120. The summed E-state index contributed by atoms with van der Waals surface area (Å²) in [5.41, 5.74) is 0.377. The summed E-state index contributed by atoms with van der Waals surface area (Å²) in [5, 5.41) is 5.45. The van der Waals surface area contributed by atoms with Gasteiger partial charge in [0.1, 0.15) is 0 Å². The molecule has 0 aliphatic heterocycles. The predicted octanol–water partition coefficient (Wildman–Crippen LogP) is 1.15. The third kappa shape index (κ3) is 5.34. The van der Waals surface area contributed by atoms with E-state index in [9.17, 15) is 9.59 Å². The van der Waals surface area contributed by atoms with E-state index in [1.54, 1.807) is 13.8 Å². The van der Waals surface area contributed by atoms with Gasteiger partial charge in [0, 0.05) is 17.7 Å². The lowest BCUT2D eigenvalue weighted by Gasteiger charge is -2.26. The van der Waals surface area contributed by atoms with Crippen LogP contribution in [-0.4, -0.2) is 23.9 Å². The van der Waals surface area contributed by atoms with Crippen molar-refractivity contribution in [3.05, 3.63) is 24.3 Å². The van der Waals surface area contributed by atoms with E-state index in [-0.39, 0.29) is 11.8 Å². The normalized spacial score (nSPS) is 10.5. The van der Waals surface area contributed by atoms with Crippen LogP contribution in [0.2, 0.25) is 0 Å². The Balaban J connectivity index is 4.25. The highest BCUT2D eigenvalue weighted by Crippen LogP contribution is 2.02. The molecule has 0 saturated carbocycles. The molecule has 0 aromatic rings. The van der Waals surface area contributed by atoms with E-state index in [4.69, 9.17) is 0 Å². The molecule has 2 amide bonds. The van der Waals surface area contributed by atoms with Gasteiger partial charge in [-0.1, -0.05) is 13.2 Å². The van der Waals surface area contributed by atoms with Crippen LogP contribution < -0.4 is 10.6 Å². The molecule has 0 fully saturated rings. The first-order valence-electron chi connectivity index (χ1n) is 5.07. The zero-order chi connectivity index (χ0) is 12.9. The van der Waals surface area contributed by atoms with E-state index >= 15 is 0 Å². The average molecular weight is 224 g/mol. The first kappa shape index (κ1) is 14.4. The Kier molecular flexibility index (Phi) is 4.95. The van der Waals surface area contributed by atoms with Crippen LogP contribution in [0.1, 0.15) is 27.7 Å². The predicted molar refractivity (Wildman–Crippen MR) is 64.9 cm³/mol. The van der Waals surface area contributed by atoms with Gasteiger partial charge in [-0.2, -0.15) is 0 Å². The van der Waals surface area contributed by atoms with E-state index in [1.165, 1.54) is 0 Å². The third-order valence-electron chi connectivity index (χ3n) is 1.92. The van der Waals surface area contributed by atoms with Crippen LogP contribution in [0.15, 0.2) is 24.3 Å². The zero-order valence-corrected chi connectivity index (χ0v) is 10.4. The smallest absolute Gasteiger partial charge is 0.246 e.